The van der Waals surface area contributed by atoms with Gasteiger partial charge in [-0.3, -0.25) is 4.79 Å². The van der Waals surface area contributed by atoms with Crippen molar-refractivity contribution in [2.24, 2.45) is 5.73 Å². The molecule has 1 amide bonds. The van der Waals surface area contributed by atoms with E-state index >= 15 is 0 Å². The van der Waals surface area contributed by atoms with Crippen LogP contribution < -0.4 is 5.73 Å². The molecule has 6 heteroatoms. The van der Waals surface area contributed by atoms with Gasteiger partial charge in [-0.05, 0) is 31.5 Å². The van der Waals surface area contributed by atoms with Gasteiger partial charge in [-0.1, -0.05) is 18.3 Å². The van der Waals surface area contributed by atoms with Crippen LogP contribution in [0.15, 0.2) is 18.2 Å². The summed E-state index contributed by atoms with van der Waals surface area (Å²) in [6, 6.07) is 3.34. The van der Waals surface area contributed by atoms with Gasteiger partial charge in [-0.15, -0.1) is 0 Å². The van der Waals surface area contributed by atoms with Crippen molar-refractivity contribution in [3.8, 4) is 0 Å². The maximum absolute atomic E-state index is 13.1. The molecular weight excluding hydrogens is 270 g/mol. The Morgan fingerprint density at radius 2 is 2.00 bits per heavy atom. The summed E-state index contributed by atoms with van der Waals surface area (Å²) in [5.74, 6) is -2.12. The number of carbonyl (C=O) groups is 1. The van der Waals surface area contributed by atoms with Crippen LogP contribution in [0.5, 0.6) is 0 Å². The van der Waals surface area contributed by atoms with Gasteiger partial charge in [0.2, 0.25) is 5.91 Å². The average molecular weight is 286 g/mol. The number of hydrogen-bond donors (Lipinski definition) is 1. The molecule has 0 unspecified atom stereocenters. The maximum atomic E-state index is 13.1. The Hall–Kier alpha value is -1.56. The van der Waals surface area contributed by atoms with E-state index < -0.39 is 11.6 Å². The van der Waals surface area contributed by atoms with E-state index in [1.165, 1.54) is 11.0 Å². The molecule has 0 saturated heterocycles. The number of thiocarbonyl (C=S) groups is 1. The van der Waals surface area contributed by atoms with E-state index in [4.69, 9.17) is 18.0 Å². The van der Waals surface area contributed by atoms with Gasteiger partial charge in [0, 0.05) is 6.04 Å². The lowest BCUT2D eigenvalue weighted by molar-refractivity contribution is -0.131. The summed E-state index contributed by atoms with van der Waals surface area (Å²) in [4.78, 5) is 13.8. The van der Waals surface area contributed by atoms with Crippen molar-refractivity contribution in [2.75, 3.05) is 6.54 Å². The molecule has 0 aromatic heterocycles. The first-order valence-corrected chi connectivity index (χ1v) is 6.23. The quantitative estimate of drug-likeness (QED) is 0.843. The third-order valence-electron chi connectivity index (χ3n) is 2.61. The first kappa shape index (κ1) is 15.5. The van der Waals surface area contributed by atoms with Crippen LogP contribution in [0.2, 0.25) is 0 Å². The van der Waals surface area contributed by atoms with Gasteiger partial charge in [0.1, 0.15) is 0 Å². The zero-order valence-corrected chi connectivity index (χ0v) is 11.6. The molecule has 1 rings (SSSR count). The van der Waals surface area contributed by atoms with Gasteiger partial charge in [0.05, 0.1) is 18.0 Å². The van der Waals surface area contributed by atoms with Crippen molar-refractivity contribution in [3.63, 3.8) is 0 Å². The van der Waals surface area contributed by atoms with Crippen LogP contribution in [0.3, 0.4) is 0 Å². The Kier molecular flexibility index (Phi) is 5.35. The van der Waals surface area contributed by atoms with Crippen LogP contribution in [0.25, 0.3) is 0 Å². The molecule has 0 saturated carbocycles. The molecule has 0 spiro atoms. The van der Waals surface area contributed by atoms with E-state index in [2.05, 4.69) is 0 Å². The van der Waals surface area contributed by atoms with E-state index in [0.29, 0.717) is 5.56 Å². The zero-order chi connectivity index (χ0) is 14.6. The van der Waals surface area contributed by atoms with Crippen molar-refractivity contribution in [1.29, 1.82) is 0 Å². The second-order valence-corrected chi connectivity index (χ2v) is 5.03. The van der Waals surface area contributed by atoms with Gasteiger partial charge in [0.15, 0.2) is 11.6 Å². The second kappa shape index (κ2) is 6.56. The lowest BCUT2D eigenvalue weighted by atomic mass is 10.1. The predicted octanol–water partition coefficient (Wildman–Crippen LogP) is 2.03. The van der Waals surface area contributed by atoms with Gasteiger partial charge in [-0.2, -0.15) is 0 Å². The van der Waals surface area contributed by atoms with E-state index in [0.717, 1.165) is 12.1 Å². The topological polar surface area (TPSA) is 46.3 Å². The lowest BCUT2D eigenvalue weighted by Gasteiger charge is -2.26. The van der Waals surface area contributed by atoms with E-state index in [1.807, 2.05) is 13.8 Å². The molecule has 1 aromatic carbocycles. The van der Waals surface area contributed by atoms with E-state index in [-0.39, 0.29) is 29.9 Å². The number of carbonyl (C=O) groups excluding carboxylic acids is 1. The predicted molar refractivity (Wildman–Crippen MR) is 73.7 cm³/mol. The van der Waals surface area contributed by atoms with Crippen LogP contribution in [-0.2, 0) is 11.2 Å². The molecular formula is C13H16F2N2OS. The highest BCUT2D eigenvalue weighted by molar-refractivity contribution is 7.80. The standard InChI is InChI=1S/C13H16F2N2OS/c1-8(2)17(7-12(16)19)13(18)6-9-3-4-10(14)11(15)5-9/h3-5,8H,6-7H2,1-2H3,(H2,16,19). The molecule has 0 fully saturated rings. The molecule has 0 atom stereocenters. The molecule has 2 N–H and O–H groups in total. The molecule has 0 radical (unpaired) electrons. The molecule has 1 aromatic rings. The Balaban J connectivity index is 2.81. The summed E-state index contributed by atoms with van der Waals surface area (Å²) < 4.78 is 25.8. The summed E-state index contributed by atoms with van der Waals surface area (Å²) in [6.45, 7) is 3.85. The average Bonchev–Trinajstić information content (AvgIpc) is 2.30. The highest BCUT2D eigenvalue weighted by atomic mass is 32.1. The normalized spacial score (nSPS) is 10.6. The molecule has 0 aliphatic carbocycles. The van der Waals surface area contributed by atoms with E-state index in [1.54, 1.807) is 0 Å². The minimum atomic E-state index is -0.962. The third-order valence-corrected chi connectivity index (χ3v) is 2.74. The van der Waals surface area contributed by atoms with Gasteiger partial charge in [0.25, 0.3) is 0 Å². The first-order chi connectivity index (χ1) is 8.81. The Bertz CT molecular complexity index is 492. The van der Waals surface area contributed by atoms with Crippen molar-refractivity contribution < 1.29 is 13.6 Å². The van der Waals surface area contributed by atoms with Crippen molar-refractivity contribution in [2.45, 2.75) is 26.3 Å². The second-order valence-electron chi connectivity index (χ2n) is 4.51. The fourth-order valence-electron chi connectivity index (χ4n) is 1.65. The summed E-state index contributed by atoms with van der Waals surface area (Å²) >= 11 is 4.79. The molecule has 0 bridgehead atoms. The monoisotopic (exact) mass is 286 g/mol. The highest BCUT2D eigenvalue weighted by Gasteiger charge is 2.18. The number of hydrogen-bond acceptors (Lipinski definition) is 2. The lowest BCUT2D eigenvalue weighted by Crippen LogP contribution is -2.42. The van der Waals surface area contributed by atoms with Crippen LogP contribution in [0, 0.1) is 11.6 Å². The fraction of sp³-hybridized carbons (Fsp3) is 0.385. The number of rotatable bonds is 5. The molecule has 0 heterocycles. The number of nitrogens with zero attached hydrogens (tertiary/aromatic N) is 1. The van der Waals surface area contributed by atoms with Gasteiger partial charge < -0.3 is 10.6 Å². The minimum Gasteiger partial charge on any atom is -0.392 e. The molecule has 3 nitrogen and oxygen atoms in total. The number of nitrogens with two attached hydrogens (primary N) is 1. The Morgan fingerprint density at radius 1 is 1.37 bits per heavy atom. The summed E-state index contributed by atoms with van der Waals surface area (Å²) in [5.41, 5.74) is 5.85. The highest BCUT2D eigenvalue weighted by Crippen LogP contribution is 2.11. The summed E-state index contributed by atoms with van der Waals surface area (Å²) in [7, 11) is 0. The fourth-order valence-corrected chi connectivity index (χ4v) is 1.79. The van der Waals surface area contributed by atoms with Crippen molar-refractivity contribution in [3.05, 3.63) is 35.4 Å². The van der Waals surface area contributed by atoms with Crippen LogP contribution in [-0.4, -0.2) is 28.4 Å². The number of halogens is 2. The van der Waals surface area contributed by atoms with E-state index in [9.17, 15) is 13.6 Å². The summed E-state index contributed by atoms with van der Waals surface area (Å²) in [5, 5.41) is 0. The molecule has 0 aliphatic heterocycles. The van der Waals surface area contributed by atoms with Crippen molar-refractivity contribution >= 4 is 23.1 Å². The SMILES string of the molecule is CC(C)N(CC(N)=S)C(=O)Cc1ccc(F)c(F)c1. The first-order valence-electron chi connectivity index (χ1n) is 5.83. The summed E-state index contributed by atoms with van der Waals surface area (Å²) in [6.07, 6.45) is -0.0159. The van der Waals surface area contributed by atoms with Crippen LogP contribution in [0.1, 0.15) is 19.4 Å². The number of amides is 1. The smallest absolute Gasteiger partial charge is 0.227 e. The molecule has 104 valence electrons. The third kappa shape index (κ3) is 4.55. The van der Waals surface area contributed by atoms with Gasteiger partial charge >= 0.3 is 0 Å². The van der Waals surface area contributed by atoms with Crippen LogP contribution >= 0.6 is 12.2 Å². The zero-order valence-electron chi connectivity index (χ0n) is 10.8. The van der Waals surface area contributed by atoms with Crippen molar-refractivity contribution in [1.82, 2.24) is 4.90 Å². The minimum absolute atomic E-state index is 0.0159. The largest absolute Gasteiger partial charge is 0.392 e. The maximum Gasteiger partial charge on any atom is 0.227 e. The Labute approximate surface area is 116 Å². The van der Waals surface area contributed by atoms with Crippen LogP contribution in [0.4, 0.5) is 8.78 Å². The van der Waals surface area contributed by atoms with Gasteiger partial charge in [-0.25, -0.2) is 8.78 Å². The Morgan fingerprint density at radius 3 is 2.47 bits per heavy atom. The molecule has 0 aliphatic rings. The number of benzene rings is 1. The molecule has 19 heavy (non-hydrogen) atoms.